The van der Waals surface area contributed by atoms with E-state index >= 15 is 0 Å². The monoisotopic (exact) mass is 271 g/mol. The molecule has 1 amide bonds. The zero-order valence-electron chi connectivity index (χ0n) is 11.1. The van der Waals surface area contributed by atoms with E-state index in [1.807, 2.05) is 22.9 Å². The maximum absolute atomic E-state index is 11.9. The van der Waals surface area contributed by atoms with E-state index < -0.39 is 0 Å². The lowest BCUT2D eigenvalue weighted by molar-refractivity contribution is -0.116. The van der Waals surface area contributed by atoms with E-state index in [0.29, 0.717) is 12.3 Å². The van der Waals surface area contributed by atoms with Crippen LogP contribution in [0, 0.1) is 5.92 Å². The zero-order valence-corrected chi connectivity index (χ0v) is 11.1. The summed E-state index contributed by atoms with van der Waals surface area (Å²) in [5.41, 5.74) is 0.727. The van der Waals surface area contributed by atoms with Gasteiger partial charge in [0.1, 0.15) is 12.1 Å². The van der Waals surface area contributed by atoms with Crippen molar-refractivity contribution in [3.8, 4) is 5.82 Å². The largest absolute Gasteiger partial charge is 0.325 e. The molecule has 2 N–H and O–H groups in total. The van der Waals surface area contributed by atoms with Crippen molar-refractivity contribution in [2.45, 2.75) is 12.8 Å². The van der Waals surface area contributed by atoms with Crippen LogP contribution in [-0.2, 0) is 4.79 Å². The van der Waals surface area contributed by atoms with Gasteiger partial charge in [0.25, 0.3) is 0 Å². The Morgan fingerprint density at radius 1 is 1.50 bits per heavy atom. The van der Waals surface area contributed by atoms with Crippen molar-refractivity contribution in [1.82, 2.24) is 19.9 Å². The van der Waals surface area contributed by atoms with Crippen molar-refractivity contribution >= 4 is 11.6 Å². The highest BCUT2D eigenvalue weighted by Crippen LogP contribution is 2.14. The van der Waals surface area contributed by atoms with Crippen LogP contribution >= 0.6 is 0 Å². The number of hydrogen-bond acceptors (Lipinski definition) is 4. The first-order valence-corrected chi connectivity index (χ1v) is 6.76. The number of amides is 1. The lowest BCUT2D eigenvalue weighted by atomic mass is 10.0. The van der Waals surface area contributed by atoms with Crippen LogP contribution in [0.2, 0.25) is 0 Å². The molecule has 1 fully saturated rings. The number of nitrogens with zero attached hydrogens (tertiary/aromatic N) is 3. The Hall–Kier alpha value is -2.21. The molecule has 2 aromatic heterocycles. The normalized spacial score (nSPS) is 18.1. The van der Waals surface area contributed by atoms with Crippen molar-refractivity contribution in [3.05, 3.63) is 37.1 Å². The van der Waals surface area contributed by atoms with Crippen molar-refractivity contribution < 1.29 is 4.79 Å². The Morgan fingerprint density at radius 2 is 2.45 bits per heavy atom. The average molecular weight is 271 g/mol. The van der Waals surface area contributed by atoms with E-state index in [-0.39, 0.29) is 5.91 Å². The molecule has 3 rings (SSSR count). The molecule has 2 aromatic rings. The van der Waals surface area contributed by atoms with Crippen molar-refractivity contribution in [1.29, 1.82) is 0 Å². The second-order valence-electron chi connectivity index (χ2n) is 4.99. The van der Waals surface area contributed by atoms with E-state index in [9.17, 15) is 4.79 Å². The highest BCUT2D eigenvalue weighted by atomic mass is 16.1. The number of nitrogens with one attached hydrogen (secondary N) is 2. The van der Waals surface area contributed by atoms with Crippen molar-refractivity contribution in [2.75, 3.05) is 18.4 Å². The van der Waals surface area contributed by atoms with Gasteiger partial charge in [0.15, 0.2) is 0 Å². The van der Waals surface area contributed by atoms with E-state index in [4.69, 9.17) is 0 Å². The van der Waals surface area contributed by atoms with E-state index in [2.05, 4.69) is 20.6 Å². The topological polar surface area (TPSA) is 71.8 Å². The van der Waals surface area contributed by atoms with Crippen LogP contribution in [0.3, 0.4) is 0 Å². The maximum atomic E-state index is 11.9. The number of hydrogen-bond donors (Lipinski definition) is 2. The van der Waals surface area contributed by atoms with Gasteiger partial charge in [0.05, 0.1) is 11.9 Å². The molecule has 1 aliphatic rings. The molecule has 1 unspecified atom stereocenters. The van der Waals surface area contributed by atoms with Gasteiger partial charge < -0.3 is 10.6 Å². The molecule has 0 aromatic carbocycles. The summed E-state index contributed by atoms with van der Waals surface area (Å²) in [5.74, 6) is 1.28. The summed E-state index contributed by atoms with van der Waals surface area (Å²) in [6.45, 7) is 1.95. The molecule has 104 valence electrons. The summed E-state index contributed by atoms with van der Waals surface area (Å²) in [7, 11) is 0. The molecule has 1 atom stereocenters. The summed E-state index contributed by atoms with van der Waals surface area (Å²) >= 11 is 0. The molecule has 0 spiro atoms. The fourth-order valence-corrected chi connectivity index (χ4v) is 2.37. The summed E-state index contributed by atoms with van der Waals surface area (Å²) in [6.07, 6.45) is 8.52. The molecule has 0 saturated carbocycles. The van der Waals surface area contributed by atoms with Gasteiger partial charge in [-0.15, -0.1) is 0 Å². The third kappa shape index (κ3) is 3.03. The zero-order chi connectivity index (χ0) is 13.8. The van der Waals surface area contributed by atoms with Gasteiger partial charge >= 0.3 is 0 Å². The van der Waals surface area contributed by atoms with E-state index in [0.717, 1.165) is 31.0 Å². The number of anilines is 1. The number of pyridine rings is 1. The first-order valence-electron chi connectivity index (χ1n) is 6.76. The Kier molecular flexibility index (Phi) is 3.73. The maximum Gasteiger partial charge on any atom is 0.224 e. The van der Waals surface area contributed by atoms with Gasteiger partial charge in [0.2, 0.25) is 5.91 Å². The molecule has 0 bridgehead atoms. The quantitative estimate of drug-likeness (QED) is 0.876. The van der Waals surface area contributed by atoms with E-state index in [1.54, 1.807) is 18.7 Å². The van der Waals surface area contributed by atoms with Gasteiger partial charge in [-0.05, 0) is 37.6 Å². The van der Waals surface area contributed by atoms with Crippen LogP contribution in [0.15, 0.2) is 37.1 Å². The fraction of sp³-hybridized carbons (Fsp3) is 0.357. The van der Waals surface area contributed by atoms with Gasteiger partial charge in [-0.25, -0.2) is 9.97 Å². The first kappa shape index (κ1) is 12.8. The molecule has 0 radical (unpaired) electrons. The molecule has 6 nitrogen and oxygen atoms in total. The van der Waals surface area contributed by atoms with Crippen LogP contribution in [-0.4, -0.2) is 33.5 Å². The minimum absolute atomic E-state index is 0.0517. The summed E-state index contributed by atoms with van der Waals surface area (Å²) in [5, 5.41) is 6.15. The average Bonchev–Trinajstić information content (AvgIpc) is 3.12. The molecule has 1 aliphatic heterocycles. The Bertz CT molecular complexity index is 558. The lowest BCUT2D eigenvalue weighted by Gasteiger charge is -2.09. The number of aromatic nitrogens is 3. The number of carbonyl (C=O) groups excluding carboxylic acids is 1. The molecule has 0 aliphatic carbocycles. The Morgan fingerprint density at radius 3 is 3.10 bits per heavy atom. The van der Waals surface area contributed by atoms with Crippen LogP contribution in [0.25, 0.3) is 5.82 Å². The second-order valence-corrected chi connectivity index (χ2v) is 4.99. The van der Waals surface area contributed by atoms with Gasteiger partial charge in [-0.2, -0.15) is 0 Å². The highest BCUT2D eigenvalue weighted by molar-refractivity contribution is 5.90. The van der Waals surface area contributed by atoms with Crippen LogP contribution < -0.4 is 10.6 Å². The highest BCUT2D eigenvalue weighted by Gasteiger charge is 2.17. The number of carbonyl (C=O) groups is 1. The smallest absolute Gasteiger partial charge is 0.224 e. The summed E-state index contributed by atoms with van der Waals surface area (Å²) < 4.78 is 1.82. The van der Waals surface area contributed by atoms with Crippen LogP contribution in [0.1, 0.15) is 12.8 Å². The number of rotatable bonds is 4. The SMILES string of the molecule is O=C(CC1CCNC1)Nc1ccc(-n2ccnc2)nc1. The van der Waals surface area contributed by atoms with E-state index in [1.165, 1.54) is 0 Å². The minimum Gasteiger partial charge on any atom is -0.325 e. The molecular weight excluding hydrogens is 254 g/mol. The van der Waals surface area contributed by atoms with Crippen molar-refractivity contribution in [2.24, 2.45) is 5.92 Å². The van der Waals surface area contributed by atoms with Crippen LogP contribution in [0.4, 0.5) is 5.69 Å². The fourth-order valence-electron chi connectivity index (χ4n) is 2.37. The van der Waals surface area contributed by atoms with Gasteiger partial charge in [-0.1, -0.05) is 0 Å². The first-order chi connectivity index (χ1) is 9.81. The van der Waals surface area contributed by atoms with Crippen LogP contribution in [0.5, 0.6) is 0 Å². The Labute approximate surface area is 117 Å². The lowest BCUT2D eigenvalue weighted by Crippen LogP contribution is -2.18. The Balaban J connectivity index is 1.59. The third-order valence-corrected chi connectivity index (χ3v) is 3.44. The summed E-state index contributed by atoms with van der Waals surface area (Å²) in [4.78, 5) is 20.2. The predicted molar refractivity (Wildman–Crippen MR) is 75.6 cm³/mol. The minimum atomic E-state index is 0.0517. The second kappa shape index (κ2) is 5.83. The molecular formula is C14H17N5O. The molecule has 3 heterocycles. The molecule has 1 saturated heterocycles. The number of imidazole rings is 1. The standard InChI is InChI=1S/C14H17N5O/c20-14(7-11-3-4-15-8-11)18-12-1-2-13(17-9-12)19-6-5-16-10-19/h1-2,5-6,9-11,15H,3-4,7-8H2,(H,18,20). The van der Waals surface area contributed by atoms with Gasteiger partial charge in [0, 0.05) is 18.8 Å². The molecule has 6 heteroatoms. The third-order valence-electron chi connectivity index (χ3n) is 3.44. The van der Waals surface area contributed by atoms with Crippen molar-refractivity contribution in [3.63, 3.8) is 0 Å². The predicted octanol–water partition coefficient (Wildman–Crippen LogP) is 1.21. The van der Waals surface area contributed by atoms with Gasteiger partial charge in [-0.3, -0.25) is 9.36 Å². The summed E-state index contributed by atoms with van der Waals surface area (Å²) in [6, 6.07) is 3.71. The molecule has 20 heavy (non-hydrogen) atoms.